The molecule has 0 aliphatic rings. The fourth-order valence-corrected chi connectivity index (χ4v) is 1.77. The number of benzene rings is 1. The molecule has 2 aromatic rings. The second-order valence-corrected chi connectivity index (χ2v) is 4.41. The van der Waals surface area contributed by atoms with Gasteiger partial charge in [-0.25, -0.2) is 4.39 Å². The Morgan fingerprint density at radius 2 is 1.95 bits per heavy atom. The Morgan fingerprint density at radius 1 is 1.25 bits per heavy atom. The van der Waals surface area contributed by atoms with Crippen LogP contribution in [0.15, 0.2) is 48.8 Å². The molecule has 0 saturated heterocycles. The van der Waals surface area contributed by atoms with Gasteiger partial charge >= 0.3 is 0 Å². The van der Waals surface area contributed by atoms with E-state index in [4.69, 9.17) is 0 Å². The van der Waals surface area contributed by atoms with Crippen molar-refractivity contribution in [1.29, 1.82) is 0 Å². The molecule has 0 fully saturated rings. The maximum Gasteiger partial charge on any atom is 0.238 e. The van der Waals surface area contributed by atoms with Gasteiger partial charge in [0.05, 0.1) is 12.2 Å². The number of nitrogens with zero attached hydrogens (tertiary/aromatic N) is 1. The summed E-state index contributed by atoms with van der Waals surface area (Å²) in [5.74, 6) is -0.723. The summed E-state index contributed by atoms with van der Waals surface area (Å²) in [6.07, 6.45) is 3.40. The molecule has 5 heteroatoms. The first-order chi connectivity index (χ1) is 9.66. The van der Waals surface area contributed by atoms with E-state index in [1.165, 1.54) is 12.1 Å². The fourth-order valence-electron chi connectivity index (χ4n) is 1.77. The average molecular weight is 273 g/mol. The zero-order chi connectivity index (χ0) is 14.4. The number of rotatable bonds is 5. The van der Waals surface area contributed by atoms with Crippen molar-refractivity contribution >= 4 is 11.6 Å². The van der Waals surface area contributed by atoms with Crippen LogP contribution in [0.1, 0.15) is 18.5 Å². The van der Waals surface area contributed by atoms with Crippen molar-refractivity contribution in [3.63, 3.8) is 0 Å². The number of para-hydroxylation sites is 1. The minimum Gasteiger partial charge on any atom is -0.322 e. The van der Waals surface area contributed by atoms with Crippen LogP contribution in [-0.2, 0) is 4.79 Å². The van der Waals surface area contributed by atoms with Gasteiger partial charge < -0.3 is 10.6 Å². The van der Waals surface area contributed by atoms with E-state index in [1.54, 1.807) is 24.5 Å². The summed E-state index contributed by atoms with van der Waals surface area (Å²) in [7, 11) is 0. The first-order valence-corrected chi connectivity index (χ1v) is 6.34. The highest BCUT2D eigenvalue weighted by atomic mass is 19.1. The number of nitrogens with one attached hydrogen (secondary N) is 2. The maximum absolute atomic E-state index is 13.4. The second kappa shape index (κ2) is 6.77. The van der Waals surface area contributed by atoms with Crippen LogP contribution in [0.4, 0.5) is 10.1 Å². The Balaban J connectivity index is 1.85. The van der Waals surface area contributed by atoms with Crippen LogP contribution in [0.2, 0.25) is 0 Å². The van der Waals surface area contributed by atoms with Gasteiger partial charge in [-0.1, -0.05) is 12.1 Å². The van der Waals surface area contributed by atoms with Gasteiger partial charge in [-0.3, -0.25) is 9.78 Å². The number of anilines is 1. The number of hydrogen-bond donors (Lipinski definition) is 2. The van der Waals surface area contributed by atoms with Crippen LogP contribution in [0.25, 0.3) is 0 Å². The third-order valence-electron chi connectivity index (χ3n) is 2.92. The molecule has 4 nitrogen and oxygen atoms in total. The van der Waals surface area contributed by atoms with Gasteiger partial charge in [0.15, 0.2) is 0 Å². The summed E-state index contributed by atoms with van der Waals surface area (Å²) in [4.78, 5) is 15.7. The van der Waals surface area contributed by atoms with E-state index in [0.717, 1.165) is 5.56 Å². The number of pyridine rings is 1. The fraction of sp³-hybridized carbons (Fsp3) is 0.200. The number of amides is 1. The van der Waals surface area contributed by atoms with Gasteiger partial charge in [0.2, 0.25) is 5.91 Å². The van der Waals surface area contributed by atoms with Gasteiger partial charge in [0.25, 0.3) is 0 Å². The van der Waals surface area contributed by atoms with E-state index in [2.05, 4.69) is 15.6 Å². The van der Waals surface area contributed by atoms with Gasteiger partial charge in [-0.2, -0.15) is 0 Å². The molecule has 0 aliphatic carbocycles. The number of carbonyl (C=O) groups excluding carboxylic acids is 1. The molecular weight excluding hydrogens is 257 g/mol. The zero-order valence-electron chi connectivity index (χ0n) is 11.1. The van der Waals surface area contributed by atoms with Gasteiger partial charge in [-0.15, -0.1) is 0 Å². The van der Waals surface area contributed by atoms with Crippen molar-refractivity contribution < 1.29 is 9.18 Å². The average Bonchev–Trinajstić information content (AvgIpc) is 2.48. The normalized spacial score (nSPS) is 11.9. The lowest BCUT2D eigenvalue weighted by Crippen LogP contribution is -2.30. The molecule has 1 heterocycles. The largest absolute Gasteiger partial charge is 0.322 e. The van der Waals surface area contributed by atoms with Crippen LogP contribution >= 0.6 is 0 Å². The standard InChI is InChI=1S/C15H16FN3O/c1-11(12-6-8-17-9-7-12)18-10-15(20)19-14-5-3-2-4-13(14)16/h2-9,11,18H,10H2,1H3,(H,19,20)/t11-/m1/s1. The van der Waals surface area contributed by atoms with Crippen molar-refractivity contribution in [3.05, 3.63) is 60.2 Å². The van der Waals surface area contributed by atoms with E-state index >= 15 is 0 Å². The molecule has 0 spiro atoms. The van der Waals surface area contributed by atoms with E-state index in [-0.39, 0.29) is 24.2 Å². The third-order valence-corrected chi connectivity index (χ3v) is 2.92. The van der Waals surface area contributed by atoms with Crippen molar-refractivity contribution in [2.75, 3.05) is 11.9 Å². The Hall–Kier alpha value is -2.27. The predicted molar refractivity (Wildman–Crippen MR) is 75.7 cm³/mol. The topological polar surface area (TPSA) is 54.0 Å². The van der Waals surface area contributed by atoms with Crippen LogP contribution in [-0.4, -0.2) is 17.4 Å². The first-order valence-electron chi connectivity index (χ1n) is 6.34. The monoisotopic (exact) mass is 273 g/mol. The van der Waals surface area contributed by atoms with E-state index in [9.17, 15) is 9.18 Å². The summed E-state index contributed by atoms with van der Waals surface area (Å²) in [6.45, 7) is 2.06. The van der Waals surface area contributed by atoms with Crippen molar-refractivity contribution in [2.24, 2.45) is 0 Å². The quantitative estimate of drug-likeness (QED) is 0.880. The molecule has 0 aliphatic heterocycles. The summed E-state index contributed by atoms with van der Waals surface area (Å²) in [6, 6.07) is 9.87. The van der Waals surface area contributed by atoms with Crippen LogP contribution < -0.4 is 10.6 Å². The minimum absolute atomic E-state index is 0.0179. The molecule has 0 radical (unpaired) electrons. The van der Waals surface area contributed by atoms with Crippen molar-refractivity contribution in [1.82, 2.24) is 10.3 Å². The van der Waals surface area contributed by atoms with Crippen LogP contribution in [0, 0.1) is 5.82 Å². The lowest BCUT2D eigenvalue weighted by atomic mass is 10.1. The van der Waals surface area contributed by atoms with Crippen molar-refractivity contribution in [3.8, 4) is 0 Å². The van der Waals surface area contributed by atoms with Crippen LogP contribution in [0.3, 0.4) is 0 Å². The highest BCUT2D eigenvalue weighted by Gasteiger charge is 2.09. The molecule has 1 aromatic heterocycles. The second-order valence-electron chi connectivity index (χ2n) is 4.41. The van der Waals surface area contributed by atoms with E-state index in [1.807, 2.05) is 19.1 Å². The number of carbonyl (C=O) groups is 1. The molecule has 104 valence electrons. The number of aromatic nitrogens is 1. The van der Waals surface area contributed by atoms with Gasteiger partial charge in [-0.05, 0) is 36.8 Å². The molecule has 1 amide bonds. The minimum atomic E-state index is -0.442. The molecule has 20 heavy (non-hydrogen) atoms. The molecule has 1 atom stereocenters. The Kier molecular flexibility index (Phi) is 4.79. The van der Waals surface area contributed by atoms with Crippen LogP contribution in [0.5, 0.6) is 0 Å². The SMILES string of the molecule is C[C@@H](NCC(=O)Nc1ccccc1F)c1ccncc1. The molecule has 0 unspecified atom stereocenters. The smallest absolute Gasteiger partial charge is 0.238 e. The van der Waals surface area contributed by atoms with E-state index in [0.29, 0.717) is 0 Å². The number of hydrogen-bond acceptors (Lipinski definition) is 3. The lowest BCUT2D eigenvalue weighted by molar-refractivity contribution is -0.115. The van der Waals surface area contributed by atoms with Gasteiger partial charge in [0.1, 0.15) is 5.82 Å². The summed E-state index contributed by atoms with van der Waals surface area (Å²) in [5.41, 5.74) is 1.23. The molecule has 0 saturated carbocycles. The predicted octanol–water partition coefficient (Wildman–Crippen LogP) is 2.51. The molecule has 2 rings (SSSR count). The highest BCUT2D eigenvalue weighted by Crippen LogP contribution is 2.12. The van der Waals surface area contributed by atoms with E-state index < -0.39 is 5.82 Å². The lowest BCUT2D eigenvalue weighted by Gasteiger charge is -2.14. The Labute approximate surface area is 117 Å². The first kappa shape index (κ1) is 14.1. The summed E-state index contributed by atoms with van der Waals surface area (Å²) in [5, 5.41) is 5.60. The van der Waals surface area contributed by atoms with Gasteiger partial charge in [0, 0.05) is 18.4 Å². The Morgan fingerprint density at radius 3 is 2.65 bits per heavy atom. The maximum atomic E-state index is 13.4. The Bertz CT molecular complexity index is 574. The molecule has 1 aromatic carbocycles. The highest BCUT2D eigenvalue weighted by molar-refractivity contribution is 5.92. The third kappa shape index (κ3) is 3.86. The number of halogens is 1. The molecule has 2 N–H and O–H groups in total. The summed E-state index contributed by atoms with van der Waals surface area (Å²) >= 11 is 0. The molecular formula is C15H16FN3O. The van der Waals surface area contributed by atoms with Crippen molar-refractivity contribution in [2.45, 2.75) is 13.0 Å². The zero-order valence-corrected chi connectivity index (χ0v) is 11.1. The summed E-state index contributed by atoms with van der Waals surface area (Å²) < 4.78 is 13.4. The molecule has 0 bridgehead atoms.